The first-order valence-corrected chi connectivity index (χ1v) is 13.2. The molecule has 1 unspecified atom stereocenters. The van der Waals surface area contributed by atoms with Gasteiger partial charge in [-0.2, -0.15) is 5.10 Å². The van der Waals surface area contributed by atoms with E-state index in [0.29, 0.717) is 24.7 Å². The van der Waals surface area contributed by atoms with Crippen molar-refractivity contribution in [2.45, 2.75) is 91.5 Å². The summed E-state index contributed by atoms with van der Waals surface area (Å²) in [6.07, 6.45) is 5.60. The van der Waals surface area contributed by atoms with Crippen molar-refractivity contribution in [3.05, 3.63) is 23.4 Å². The van der Waals surface area contributed by atoms with Crippen molar-refractivity contribution in [3.8, 4) is 0 Å². The van der Waals surface area contributed by atoms with Crippen molar-refractivity contribution in [2.24, 2.45) is 5.41 Å². The molecular formula is C27H41ClN4O3. The fourth-order valence-electron chi connectivity index (χ4n) is 5.80. The minimum absolute atomic E-state index is 0.0490. The Morgan fingerprint density at radius 3 is 2.57 bits per heavy atom. The molecule has 0 N–H and O–H groups in total. The molecule has 4 rings (SSSR count). The smallest absolute Gasteiger partial charge is 0.410 e. The third kappa shape index (κ3) is 5.88. The lowest BCUT2D eigenvalue weighted by Crippen LogP contribution is -2.62. The van der Waals surface area contributed by atoms with Gasteiger partial charge in [-0.25, -0.2) is 9.48 Å². The quantitative estimate of drug-likeness (QED) is 0.467. The Bertz CT molecular complexity index is 1070. The minimum Gasteiger partial charge on any atom is -0.443 e. The normalized spacial score (nSPS) is 21.4. The standard InChI is InChI=1S/C27H41ClN4O3/c1-25(2,3)17-27(6,7)35-24(33)31-12-11-30(18-26(31,4)5)21-14-19(28)15-22-20(21)16-29-32(22)23-10-8-9-13-34-23/h14-16,23H,8-13,17-18H2,1-7H3. The summed E-state index contributed by atoms with van der Waals surface area (Å²) in [5, 5.41) is 6.42. The van der Waals surface area contributed by atoms with Gasteiger partial charge >= 0.3 is 6.09 Å². The lowest BCUT2D eigenvalue weighted by Gasteiger charge is -2.48. The number of anilines is 1. The molecule has 0 saturated carbocycles. The largest absolute Gasteiger partial charge is 0.443 e. The number of piperazine rings is 1. The maximum absolute atomic E-state index is 13.2. The number of amides is 1. The number of ether oxygens (including phenoxy) is 2. The molecule has 0 bridgehead atoms. The average Bonchev–Trinajstić information content (AvgIpc) is 3.14. The van der Waals surface area contributed by atoms with Crippen LogP contribution in [-0.2, 0) is 9.47 Å². The van der Waals surface area contributed by atoms with Gasteiger partial charge in [-0.1, -0.05) is 32.4 Å². The third-order valence-electron chi connectivity index (χ3n) is 6.87. The summed E-state index contributed by atoms with van der Waals surface area (Å²) in [5.41, 5.74) is 1.16. The van der Waals surface area contributed by atoms with Crippen molar-refractivity contribution in [3.63, 3.8) is 0 Å². The first-order valence-electron chi connectivity index (χ1n) is 12.8. The molecule has 1 atom stereocenters. The number of benzene rings is 1. The molecule has 2 aromatic rings. The van der Waals surface area contributed by atoms with Gasteiger partial charge in [-0.3, -0.25) is 4.90 Å². The highest BCUT2D eigenvalue weighted by molar-refractivity contribution is 6.31. The minimum atomic E-state index is -0.530. The van der Waals surface area contributed by atoms with Crippen molar-refractivity contribution >= 4 is 34.3 Å². The summed E-state index contributed by atoms with van der Waals surface area (Å²) >= 11 is 6.59. The Labute approximate surface area is 214 Å². The lowest BCUT2D eigenvalue weighted by molar-refractivity contribution is -0.0366. The summed E-state index contributed by atoms with van der Waals surface area (Å²) in [5.74, 6) is 0. The molecule has 194 valence electrons. The van der Waals surface area contributed by atoms with E-state index in [2.05, 4.69) is 44.6 Å². The van der Waals surface area contributed by atoms with Gasteiger partial charge in [0.25, 0.3) is 0 Å². The fraction of sp³-hybridized carbons (Fsp3) is 0.704. The van der Waals surface area contributed by atoms with Gasteiger partial charge in [0.05, 0.1) is 17.3 Å². The fourth-order valence-corrected chi connectivity index (χ4v) is 6.01. The van der Waals surface area contributed by atoms with Gasteiger partial charge in [0.2, 0.25) is 0 Å². The van der Waals surface area contributed by atoms with Gasteiger partial charge in [0.1, 0.15) is 5.60 Å². The zero-order valence-electron chi connectivity index (χ0n) is 22.4. The van der Waals surface area contributed by atoms with E-state index in [1.54, 1.807) is 0 Å². The van der Waals surface area contributed by atoms with Crippen LogP contribution < -0.4 is 4.90 Å². The molecule has 3 heterocycles. The predicted molar refractivity (Wildman–Crippen MR) is 141 cm³/mol. The number of carbonyl (C=O) groups excluding carboxylic acids is 1. The zero-order valence-corrected chi connectivity index (χ0v) is 23.1. The average molecular weight is 505 g/mol. The van der Waals surface area contributed by atoms with E-state index in [1.807, 2.05) is 41.8 Å². The molecule has 0 radical (unpaired) electrons. The van der Waals surface area contributed by atoms with Crippen molar-refractivity contribution in [1.29, 1.82) is 0 Å². The van der Waals surface area contributed by atoms with E-state index >= 15 is 0 Å². The monoisotopic (exact) mass is 504 g/mol. The zero-order chi connectivity index (χ0) is 25.6. The second-order valence-electron chi connectivity index (χ2n) is 12.5. The molecule has 1 aromatic heterocycles. The van der Waals surface area contributed by atoms with Gasteiger partial charge in [-0.05, 0) is 70.9 Å². The van der Waals surface area contributed by atoms with E-state index in [4.69, 9.17) is 21.1 Å². The molecule has 0 aliphatic carbocycles. The SMILES string of the molecule is CC(C)(C)CC(C)(C)OC(=O)N1CCN(c2cc(Cl)cc3c2cnn3C2CCCCO2)CC1(C)C. The highest BCUT2D eigenvalue weighted by Crippen LogP contribution is 2.37. The van der Waals surface area contributed by atoms with E-state index < -0.39 is 11.1 Å². The number of hydrogen-bond acceptors (Lipinski definition) is 5. The maximum Gasteiger partial charge on any atom is 0.410 e. The number of nitrogens with zero attached hydrogens (tertiary/aromatic N) is 4. The second kappa shape index (κ2) is 9.47. The number of rotatable bonds is 4. The summed E-state index contributed by atoms with van der Waals surface area (Å²) in [6, 6.07) is 3.98. The summed E-state index contributed by atoms with van der Waals surface area (Å²) < 4.78 is 14.0. The number of hydrogen-bond donors (Lipinski definition) is 0. The number of carbonyl (C=O) groups is 1. The van der Waals surface area contributed by atoms with Gasteiger partial charge in [0.15, 0.2) is 6.23 Å². The topological polar surface area (TPSA) is 59.8 Å². The molecule has 0 spiro atoms. The number of fused-ring (bicyclic) bond motifs is 1. The van der Waals surface area contributed by atoms with Crippen molar-refractivity contribution < 1.29 is 14.3 Å². The Hall–Kier alpha value is -1.99. The number of aromatic nitrogens is 2. The molecule has 2 fully saturated rings. The van der Waals surface area contributed by atoms with Crippen LogP contribution in [0.4, 0.5) is 10.5 Å². The van der Waals surface area contributed by atoms with Crippen LogP contribution in [-0.4, -0.2) is 58.2 Å². The van der Waals surface area contributed by atoms with Gasteiger partial charge in [0, 0.05) is 42.3 Å². The predicted octanol–water partition coefficient (Wildman–Crippen LogP) is 6.64. The molecule has 35 heavy (non-hydrogen) atoms. The van der Waals surface area contributed by atoms with E-state index in [1.165, 1.54) is 0 Å². The molecule has 1 aromatic carbocycles. The van der Waals surface area contributed by atoms with E-state index in [-0.39, 0.29) is 17.7 Å². The van der Waals surface area contributed by atoms with E-state index in [0.717, 1.165) is 48.9 Å². The Morgan fingerprint density at radius 2 is 1.94 bits per heavy atom. The molecule has 2 saturated heterocycles. The highest BCUT2D eigenvalue weighted by Gasteiger charge is 2.41. The molecule has 8 heteroatoms. The summed E-state index contributed by atoms with van der Waals surface area (Å²) in [4.78, 5) is 17.4. The summed E-state index contributed by atoms with van der Waals surface area (Å²) in [6.45, 7) is 17.4. The van der Waals surface area contributed by atoms with Crippen LogP contribution in [0.1, 0.15) is 80.4 Å². The van der Waals surface area contributed by atoms with Crippen LogP contribution >= 0.6 is 11.6 Å². The van der Waals surface area contributed by atoms with Crippen LogP contribution in [0.2, 0.25) is 5.02 Å². The van der Waals surface area contributed by atoms with Crippen LogP contribution in [0.5, 0.6) is 0 Å². The molecule has 2 aliphatic rings. The van der Waals surface area contributed by atoms with Crippen LogP contribution in [0.15, 0.2) is 18.3 Å². The van der Waals surface area contributed by atoms with Crippen LogP contribution in [0, 0.1) is 5.41 Å². The highest BCUT2D eigenvalue weighted by atomic mass is 35.5. The lowest BCUT2D eigenvalue weighted by atomic mass is 9.84. The Morgan fingerprint density at radius 1 is 1.20 bits per heavy atom. The Balaban J connectivity index is 1.54. The molecule has 7 nitrogen and oxygen atoms in total. The van der Waals surface area contributed by atoms with Crippen LogP contribution in [0.3, 0.4) is 0 Å². The van der Waals surface area contributed by atoms with Crippen LogP contribution in [0.25, 0.3) is 10.9 Å². The molecule has 1 amide bonds. The van der Waals surface area contributed by atoms with Gasteiger partial charge in [-0.15, -0.1) is 0 Å². The second-order valence-corrected chi connectivity index (χ2v) is 13.0. The maximum atomic E-state index is 13.2. The third-order valence-corrected chi connectivity index (χ3v) is 7.09. The van der Waals surface area contributed by atoms with Gasteiger partial charge < -0.3 is 14.4 Å². The van der Waals surface area contributed by atoms with Crippen molar-refractivity contribution in [2.75, 3.05) is 31.1 Å². The molecule has 2 aliphatic heterocycles. The van der Waals surface area contributed by atoms with E-state index in [9.17, 15) is 4.79 Å². The summed E-state index contributed by atoms with van der Waals surface area (Å²) in [7, 11) is 0. The first-order chi connectivity index (χ1) is 16.3. The number of halogens is 1. The molecular weight excluding hydrogens is 464 g/mol. The van der Waals surface area contributed by atoms with Crippen molar-refractivity contribution in [1.82, 2.24) is 14.7 Å². The first kappa shape index (κ1) is 26.1. The Kier molecular flexibility index (Phi) is 7.06.